The Kier molecular flexibility index (Phi) is 7.15. The van der Waals surface area contributed by atoms with E-state index in [-0.39, 0.29) is 6.04 Å². The van der Waals surface area contributed by atoms with Gasteiger partial charge in [0.15, 0.2) is 0 Å². The van der Waals surface area contributed by atoms with Crippen LogP contribution in [0.5, 0.6) is 0 Å². The molecule has 0 aromatic carbocycles. The molecule has 0 bridgehead atoms. The molecule has 0 unspecified atom stereocenters. The Morgan fingerprint density at radius 1 is 1.19 bits per heavy atom. The van der Waals surface area contributed by atoms with Crippen LogP contribution in [0.15, 0.2) is 9.98 Å². The summed E-state index contributed by atoms with van der Waals surface area (Å²) in [5, 5.41) is 0. The molecule has 0 amide bonds. The minimum atomic E-state index is -0.429. The Morgan fingerprint density at radius 3 is 2.38 bits per heavy atom. The predicted octanol–water partition coefficient (Wildman–Crippen LogP) is 2.78. The molecule has 0 aromatic heterocycles. The Bertz CT molecular complexity index is 380. The Hall–Kier alpha value is -1.10. The molecular formula is C16H31N3O2. The van der Waals surface area contributed by atoms with Crippen LogP contribution in [0.2, 0.25) is 0 Å². The Labute approximate surface area is 129 Å². The predicted molar refractivity (Wildman–Crippen MR) is 88.1 cm³/mol. The van der Waals surface area contributed by atoms with Crippen molar-refractivity contribution in [2.75, 3.05) is 19.8 Å². The molecule has 0 saturated heterocycles. The Balaban J connectivity index is 3.03. The molecule has 0 radical (unpaired) electrons. The SMILES string of the molecule is CCOC1=N[C@@](C)(CCCCN)C(OCC)=N[C@@H]1C(C)C. The summed E-state index contributed by atoms with van der Waals surface area (Å²) in [5.41, 5.74) is 5.17. The van der Waals surface area contributed by atoms with Gasteiger partial charge in [-0.25, -0.2) is 9.98 Å². The van der Waals surface area contributed by atoms with Crippen LogP contribution in [0.3, 0.4) is 0 Å². The van der Waals surface area contributed by atoms with Gasteiger partial charge in [-0.15, -0.1) is 0 Å². The van der Waals surface area contributed by atoms with Crippen LogP contribution in [-0.4, -0.2) is 43.1 Å². The summed E-state index contributed by atoms with van der Waals surface area (Å²) in [6, 6.07) is -0.0471. The fourth-order valence-electron chi connectivity index (χ4n) is 2.48. The third-order valence-electron chi connectivity index (χ3n) is 3.65. The highest BCUT2D eigenvalue weighted by molar-refractivity contribution is 5.96. The topological polar surface area (TPSA) is 69.2 Å². The van der Waals surface area contributed by atoms with Gasteiger partial charge in [-0.1, -0.05) is 13.8 Å². The average molecular weight is 297 g/mol. The van der Waals surface area contributed by atoms with E-state index in [1.807, 2.05) is 13.8 Å². The van der Waals surface area contributed by atoms with Crippen LogP contribution in [0.25, 0.3) is 0 Å². The van der Waals surface area contributed by atoms with Crippen molar-refractivity contribution in [2.45, 2.75) is 65.5 Å². The van der Waals surface area contributed by atoms with E-state index in [1.165, 1.54) is 0 Å². The van der Waals surface area contributed by atoms with Crippen molar-refractivity contribution in [3.63, 3.8) is 0 Å². The van der Waals surface area contributed by atoms with Gasteiger partial charge in [-0.3, -0.25) is 0 Å². The highest BCUT2D eigenvalue weighted by Crippen LogP contribution is 2.29. The average Bonchev–Trinajstić information content (AvgIpc) is 2.42. The van der Waals surface area contributed by atoms with E-state index in [9.17, 15) is 0 Å². The molecule has 5 heteroatoms. The summed E-state index contributed by atoms with van der Waals surface area (Å²) in [7, 11) is 0. The van der Waals surface area contributed by atoms with Crippen LogP contribution >= 0.6 is 0 Å². The van der Waals surface area contributed by atoms with E-state index in [0.717, 1.165) is 31.1 Å². The molecule has 1 rings (SSSR count). The fourth-order valence-corrected chi connectivity index (χ4v) is 2.48. The van der Waals surface area contributed by atoms with Gasteiger partial charge in [-0.05, 0) is 52.5 Å². The second-order valence-corrected chi connectivity index (χ2v) is 5.96. The second-order valence-electron chi connectivity index (χ2n) is 5.96. The van der Waals surface area contributed by atoms with Gasteiger partial charge in [0.25, 0.3) is 0 Å². The van der Waals surface area contributed by atoms with Gasteiger partial charge in [0, 0.05) is 0 Å². The van der Waals surface area contributed by atoms with Gasteiger partial charge >= 0.3 is 0 Å². The lowest BCUT2D eigenvalue weighted by Crippen LogP contribution is -2.45. The molecule has 2 N–H and O–H groups in total. The highest BCUT2D eigenvalue weighted by Gasteiger charge is 2.39. The summed E-state index contributed by atoms with van der Waals surface area (Å²) in [5.74, 6) is 1.81. The minimum absolute atomic E-state index is 0.0471. The smallest absolute Gasteiger partial charge is 0.212 e. The van der Waals surface area contributed by atoms with Crippen LogP contribution in [0.4, 0.5) is 0 Å². The number of hydrogen-bond donors (Lipinski definition) is 1. The number of aliphatic imine (C=N–C) groups is 2. The normalized spacial score (nSPS) is 25.6. The van der Waals surface area contributed by atoms with Gasteiger partial charge in [0.05, 0.1) is 13.2 Å². The fraction of sp³-hybridized carbons (Fsp3) is 0.875. The molecule has 1 aliphatic heterocycles. The molecule has 0 fully saturated rings. The first kappa shape index (κ1) is 18.0. The van der Waals surface area contributed by atoms with Crippen molar-refractivity contribution in [1.29, 1.82) is 0 Å². The number of rotatable bonds is 7. The van der Waals surface area contributed by atoms with Crippen molar-refractivity contribution < 1.29 is 9.47 Å². The summed E-state index contributed by atoms with van der Waals surface area (Å²) in [6.45, 7) is 12.2. The lowest BCUT2D eigenvalue weighted by atomic mass is 9.92. The number of ether oxygens (including phenoxy) is 2. The van der Waals surface area contributed by atoms with E-state index >= 15 is 0 Å². The van der Waals surface area contributed by atoms with E-state index in [2.05, 4.69) is 20.8 Å². The standard InChI is InChI=1S/C16H31N3O2/c1-6-20-14-13(12(3)4)18-15(21-7-2)16(5,19-14)10-8-9-11-17/h12-13H,6-11,17H2,1-5H3/t13-,16+/m1/s1. The summed E-state index contributed by atoms with van der Waals surface area (Å²) >= 11 is 0. The first-order valence-electron chi connectivity index (χ1n) is 8.12. The van der Waals surface area contributed by atoms with Crippen LogP contribution in [0, 0.1) is 5.92 Å². The minimum Gasteiger partial charge on any atom is -0.480 e. The highest BCUT2D eigenvalue weighted by atomic mass is 16.5. The zero-order valence-electron chi connectivity index (χ0n) is 14.2. The van der Waals surface area contributed by atoms with Crippen molar-refractivity contribution in [3.05, 3.63) is 0 Å². The second kappa shape index (κ2) is 8.37. The molecule has 122 valence electrons. The molecule has 2 atom stereocenters. The molecule has 0 spiro atoms. The van der Waals surface area contributed by atoms with Crippen LogP contribution < -0.4 is 5.73 Å². The molecular weight excluding hydrogens is 266 g/mol. The van der Waals surface area contributed by atoms with Gasteiger partial charge in [0.2, 0.25) is 11.8 Å². The van der Waals surface area contributed by atoms with Gasteiger partial charge in [0.1, 0.15) is 11.6 Å². The molecule has 1 aliphatic rings. The van der Waals surface area contributed by atoms with Crippen LogP contribution in [0.1, 0.15) is 53.9 Å². The van der Waals surface area contributed by atoms with Crippen molar-refractivity contribution >= 4 is 11.8 Å². The van der Waals surface area contributed by atoms with Crippen LogP contribution in [-0.2, 0) is 9.47 Å². The molecule has 21 heavy (non-hydrogen) atoms. The first-order valence-corrected chi connectivity index (χ1v) is 8.12. The maximum Gasteiger partial charge on any atom is 0.212 e. The van der Waals surface area contributed by atoms with E-state index in [4.69, 9.17) is 25.2 Å². The molecule has 0 aromatic rings. The number of nitrogens with zero attached hydrogens (tertiary/aromatic N) is 2. The number of nitrogens with two attached hydrogens (primary N) is 1. The summed E-state index contributed by atoms with van der Waals surface area (Å²) < 4.78 is 11.5. The third kappa shape index (κ3) is 4.70. The molecule has 0 saturated carbocycles. The molecule has 1 heterocycles. The molecule has 0 aliphatic carbocycles. The number of hydrogen-bond acceptors (Lipinski definition) is 5. The van der Waals surface area contributed by atoms with Gasteiger partial charge < -0.3 is 15.2 Å². The Morgan fingerprint density at radius 2 is 1.86 bits per heavy atom. The molecule has 5 nitrogen and oxygen atoms in total. The first-order chi connectivity index (χ1) is 9.98. The summed E-state index contributed by atoms with van der Waals surface area (Å²) in [4.78, 5) is 9.69. The monoisotopic (exact) mass is 297 g/mol. The third-order valence-corrected chi connectivity index (χ3v) is 3.65. The van der Waals surface area contributed by atoms with Crippen molar-refractivity contribution in [2.24, 2.45) is 21.6 Å². The summed E-state index contributed by atoms with van der Waals surface area (Å²) in [6.07, 6.45) is 2.88. The quantitative estimate of drug-likeness (QED) is 0.735. The zero-order chi connectivity index (χ0) is 15.9. The maximum atomic E-state index is 5.79. The van der Waals surface area contributed by atoms with Crippen molar-refractivity contribution in [3.8, 4) is 0 Å². The lowest BCUT2D eigenvalue weighted by Gasteiger charge is -2.34. The zero-order valence-corrected chi connectivity index (χ0v) is 14.2. The maximum absolute atomic E-state index is 5.79. The number of unbranched alkanes of at least 4 members (excludes halogenated alkanes) is 1. The van der Waals surface area contributed by atoms with Gasteiger partial charge in [-0.2, -0.15) is 0 Å². The van der Waals surface area contributed by atoms with Crippen molar-refractivity contribution in [1.82, 2.24) is 0 Å². The van der Waals surface area contributed by atoms with E-state index in [0.29, 0.717) is 25.7 Å². The largest absolute Gasteiger partial charge is 0.480 e. The van der Waals surface area contributed by atoms with E-state index in [1.54, 1.807) is 0 Å². The van der Waals surface area contributed by atoms with E-state index < -0.39 is 5.54 Å². The lowest BCUT2D eigenvalue weighted by molar-refractivity contribution is 0.254.